The Morgan fingerprint density at radius 1 is 1.14 bits per heavy atom. The van der Waals surface area contributed by atoms with E-state index >= 15 is 0 Å². The van der Waals surface area contributed by atoms with Crippen LogP contribution < -0.4 is 14.8 Å². The first-order chi connectivity index (χ1) is 10.7. The summed E-state index contributed by atoms with van der Waals surface area (Å²) in [5.74, 6) is 0.825. The van der Waals surface area contributed by atoms with Crippen LogP contribution in [0.15, 0.2) is 30.5 Å². The number of esters is 1. The van der Waals surface area contributed by atoms with Crippen LogP contribution in [0.2, 0.25) is 0 Å². The summed E-state index contributed by atoms with van der Waals surface area (Å²) in [6, 6.07) is 7.64. The van der Waals surface area contributed by atoms with Gasteiger partial charge in [-0.25, -0.2) is 9.78 Å². The van der Waals surface area contributed by atoms with Crippen LogP contribution in [0.5, 0.6) is 11.6 Å². The van der Waals surface area contributed by atoms with E-state index in [9.17, 15) is 4.79 Å². The third-order valence-electron chi connectivity index (χ3n) is 2.95. The maximum atomic E-state index is 11.5. The molecule has 0 saturated carbocycles. The molecule has 2 rings (SSSR count). The van der Waals surface area contributed by atoms with Gasteiger partial charge in [0, 0.05) is 6.54 Å². The highest BCUT2D eigenvalue weighted by molar-refractivity contribution is 5.89. The number of anilines is 1. The van der Waals surface area contributed by atoms with Gasteiger partial charge >= 0.3 is 5.97 Å². The molecular weight excluding hydrogens is 286 g/mol. The number of benzene rings is 1. The molecule has 7 nitrogen and oxygen atoms in total. The van der Waals surface area contributed by atoms with E-state index in [0.29, 0.717) is 12.4 Å². The van der Waals surface area contributed by atoms with Crippen LogP contribution in [0.25, 0.3) is 0 Å². The van der Waals surface area contributed by atoms with E-state index in [4.69, 9.17) is 9.47 Å². The summed E-state index contributed by atoms with van der Waals surface area (Å²) < 4.78 is 14.8. The lowest BCUT2D eigenvalue weighted by Gasteiger charge is -2.09. The summed E-state index contributed by atoms with van der Waals surface area (Å²) >= 11 is 0. The molecule has 0 fully saturated rings. The van der Waals surface area contributed by atoms with Crippen molar-refractivity contribution in [3.05, 3.63) is 41.7 Å². The van der Waals surface area contributed by atoms with E-state index in [2.05, 4.69) is 20.0 Å². The Balaban J connectivity index is 2.07. The van der Waals surface area contributed by atoms with E-state index < -0.39 is 5.97 Å². The third-order valence-corrected chi connectivity index (χ3v) is 2.95. The van der Waals surface area contributed by atoms with Crippen molar-refractivity contribution in [1.82, 2.24) is 9.97 Å². The number of hydrogen-bond acceptors (Lipinski definition) is 7. The van der Waals surface area contributed by atoms with E-state index in [1.807, 2.05) is 24.3 Å². The molecule has 1 heterocycles. The highest BCUT2D eigenvalue weighted by Crippen LogP contribution is 2.17. The lowest BCUT2D eigenvalue weighted by molar-refractivity contribution is 0.0589. The summed E-state index contributed by atoms with van der Waals surface area (Å²) in [6.07, 6.45) is 1.46. The number of carbonyl (C=O) groups excluding carboxylic acids is 1. The molecule has 0 atom stereocenters. The van der Waals surface area contributed by atoms with Crippen LogP contribution in [0.1, 0.15) is 16.1 Å². The predicted molar refractivity (Wildman–Crippen MR) is 80.2 cm³/mol. The lowest BCUT2D eigenvalue weighted by atomic mass is 10.2. The molecule has 0 spiro atoms. The van der Waals surface area contributed by atoms with Crippen molar-refractivity contribution in [2.45, 2.75) is 6.54 Å². The van der Waals surface area contributed by atoms with Crippen LogP contribution in [-0.4, -0.2) is 37.3 Å². The molecule has 0 unspecified atom stereocenters. The topological polar surface area (TPSA) is 82.6 Å². The molecule has 0 aliphatic rings. The monoisotopic (exact) mass is 303 g/mol. The third kappa shape index (κ3) is 3.63. The van der Waals surface area contributed by atoms with Gasteiger partial charge in [0.15, 0.2) is 0 Å². The van der Waals surface area contributed by atoms with Gasteiger partial charge < -0.3 is 19.5 Å². The number of ether oxygens (including phenoxy) is 3. The Morgan fingerprint density at radius 3 is 2.45 bits per heavy atom. The summed E-state index contributed by atoms with van der Waals surface area (Å²) in [5.41, 5.74) is 1.10. The standard InChI is InChI=1S/C15H17N3O4/c1-20-11-6-4-10(5-7-11)8-16-12-9-17-13(15(19)22-3)14(18-12)21-2/h4-7,9H,8H2,1-3H3,(H,16,18). The molecule has 1 aromatic heterocycles. The number of carbonyl (C=O) groups is 1. The first-order valence-corrected chi connectivity index (χ1v) is 6.54. The minimum absolute atomic E-state index is 0.0417. The summed E-state index contributed by atoms with van der Waals surface area (Å²) in [4.78, 5) is 19.7. The van der Waals surface area contributed by atoms with Gasteiger partial charge in [0.1, 0.15) is 11.6 Å². The second-order valence-electron chi connectivity index (χ2n) is 4.31. The maximum Gasteiger partial charge on any atom is 0.362 e. The van der Waals surface area contributed by atoms with E-state index in [1.54, 1.807) is 7.11 Å². The summed E-state index contributed by atoms with van der Waals surface area (Å²) in [7, 11) is 4.32. The molecule has 1 aromatic carbocycles. The first kappa shape index (κ1) is 15.6. The van der Waals surface area contributed by atoms with Gasteiger partial charge in [-0.1, -0.05) is 12.1 Å². The van der Waals surface area contributed by atoms with Gasteiger partial charge in [-0.15, -0.1) is 0 Å². The minimum Gasteiger partial charge on any atom is -0.497 e. The fourth-order valence-electron chi connectivity index (χ4n) is 1.77. The van der Waals surface area contributed by atoms with E-state index in [0.717, 1.165) is 11.3 Å². The average Bonchev–Trinajstić information content (AvgIpc) is 2.59. The second kappa shape index (κ2) is 7.26. The quantitative estimate of drug-likeness (QED) is 0.816. The highest BCUT2D eigenvalue weighted by atomic mass is 16.5. The number of rotatable bonds is 6. The Labute approximate surface area is 128 Å². The molecule has 0 radical (unpaired) electrons. The average molecular weight is 303 g/mol. The normalized spacial score (nSPS) is 9.95. The molecular formula is C15H17N3O4. The maximum absolute atomic E-state index is 11.5. The van der Waals surface area contributed by atoms with Crippen molar-refractivity contribution in [2.75, 3.05) is 26.6 Å². The van der Waals surface area contributed by atoms with Crippen LogP contribution in [0.3, 0.4) is 0 Å². The van der Waals surface area contributed by atoms with Crippen molar-refractivity contribution in [3.63, 3.8) is 0 Å². The first-order valence-electron chi connectivity index (χ1n) is 6.54. The van der Waals surface area contributed by atoms with E-state index in [1.165, 1.54) is 20.4 Å². The minimum atomic E-state index is -0.592. The molecule has 0 saturated heterocycles. The summed E-state index contributed by atoms with van der Waals surface area (Å²) in [6.45, 7) is 0.555. The lowest BCUT2D eigenvalue weighted by Crippen LogP contribution is -2.10. The zero-order valence-electron chi connectivity index (χ0n) is 12.6. The van der Waals surface area contributed by atoms with Crippen LogP contribution >= 0.6 is 0 Å². The Bertz CT molecular complexity index is 644. The molecule has 0 amide bonds. The van der Waals surface area contributed by atoms with Gasteiger partial charge in [0.2, 0.25) is 11.6 Å². The van der Waals surface area contributed by atoms with E-state index in [-0.39, 0.29) is 11.6 Å². The summed E-state index contributed by atoms with van der Waals surface area (Å²) in [5, 5.41) is 3.11. The van der Waals surface area contributed by atoms with Crippen molar-refractivity contribution in [2.24, 2.45) is 0 Å². The molecule has 0 aliphatic heterocycles. The predicted octanol–water partition coefficient (Wildman–Crippen LogP) is 1.89. The Kier molecular flexibility index (Phi) is 5.13. The molecule has 1 N–H and O–H groups in total. The number of hydrogen-bond donors (Lipinski definition) is 1. The number of methoxy groups -OCH3 is 3. The van der Waals surface area contributed by atoms with Crippen molar-refractivity contribution < 1.29 is 19.0 Å². The van der Waals surface area contributed by atoms with Crippen LogP contribution in [0, 0.1) is 0 Å². The molecule has 2 aromatic rings. The van der Waals surface area contributed by atoms with Gasteiger partial charge in [0.05, 0.1) is 27.5 Å². The number of nitrogens with one attached hydrogen (secondary N) is 1. The van der Waals surface area contributed by atoms with Crippen LogP contribution in [-0.2, 0) is 11.3 Å². The molecule has 22 heavy (non-hydrogen) atoms. The van der Waals surface area contributed by atoms with Crippen molar-refractivity contribution in [1.29, 1.82) is 0 Å². The largest absolute Gasteiger partial charge is 0.497 e. The number of aromatic nitrogens is 2. The highest BCUT2D eigenvalue weighted by Gasteiger charge is 2.16. The van der Waals surface area contributed by atoms with Crippen molar-refractivity contribution >= 4 is 11.8 Å². The van der Waals surface area contributed by atoms with Gasteiger partial charge in [-0.2, -0.15) is 4.98 Å². The fraction of sp³-hybridized carbons (Fsp3) is 0.267. The molecule has 0 bridgehead atoms. The Hall–Kier alpha value is -2.83. The number of nitrogens with zero attached hydrogens (tertiary/aromatic N) is 2. The van der Waals surface area contributed by atoms with Crippen molar-refractivity contribution in [3.8, 4) is 11.6 Å². The Morgan fingerprint density at radius 2 is 1.86 bits per heavy atom. The fourth-order valence-corrected chi connectivity index (χ4v) is 1.77. The smallest absolute Gasteiger partial charge is 0.362 e. The zero-order valence-corrected chi connectivity index (χ0v) is 12.6. The van der Waals surface area contributed by atoms with Gasteiger partial charge in [-0.05, 0) is 17.7 Å². The molecule has 116 valence electrons. The second-order valence-corrected chi connectivity index (χ2v) is 4.31. The molecule has 0 aliphatic carbocycles. The SMILES string of the molecule is COC(=O)c1ncc(NCc2ccc(OC)cc2)nc1OC. The molecule has 7 heteroatoms. The van der Waals surface area contributed by atoms with Gasteiger partial charge in [0.25, 0.3) is 0 Å². The van der Waals surface area contributed by atoms with Gasteiger partial charge in [-0.3, -0.25) is 0 Å². The van der Waals surface area contributed by atoms with Crippen LogP contribution in [0.4, 0.5) is 5.82 Å². The zero-order chi connectivity index (χ0) is 15.9.